The van der Waals surface area contributed by atoms with Crippen LogP contribution in [0.15, 0.2) is 91.0 Å². The summed E-state index contributed by atoms with van der Waals surface area (Å²) in [7, 11) is 0. The van der Waals surface area contributed by atoms with Crippen molar-refractivity contribution in [3.63, 3.8) is 0 Å². The van der Waals surface area contributed by atoms with Gasteiger partial charge in [0.1, 0.15) is 0 Å². The van der Waals surface area contributed by atoms with Gasteiger partial charge in [-0.2, -0.15) is 0 Å². The molecular formula is C25H26O3. The lowest BCUT2D eigenvalue weighted by atomic mass is 10.0. The monoisotopic (exact) mass is 374 g/mol. The van der Waals surface area contributed by atoms with Gasteiger partial charge in [0.25, 0.3) is 0 Å². The molecule has 0 saturated carbocycles. The number of benzene rings is 3. The van der Waals surface area contributed by atoms with Gasteiger partial charge in [-0.3, -0.25) is 4.79 Å². The van der Waals surface area contributed by atoms with Crippen molar-refractivity contribution in [1.29, 1.82) is 0 Å². The molecule has 0 aromatic heterocycles. The minimum atomic E-state index is -0.221. The van der Waals surface area contributed by atoms with Crippen LogP contribution in [0.4, 0.5) is 0 Å². The lowest BCUT2D eigenvalue weighted by Gasteiger charge is -2.03. The Hall–Kier alpha value is -3.20. The van der Waals surface area contributed by atoms with Crippen molar-refractivity contribution in [2.75, 3.05) is 6.61 Å². The number of carbonyl (C=O) groups is 2. The van der Waals surface area contributed by atoms with E-state index in [9.17, 15) is 9.59 Å². The van der Waals surface area contributed by atoms with E-state index in [2.05, 4.69) is 6.92 Å². The third-order valence-electron chi connectivity index (χ3n) is 4.06. The number of ketones is 1. The fourth-order valence-corrected chi connectivity index (χ4v) is 2.52. The molecule has 0 N–H and O–H groups in total. The molecule has 0 radical (unpaired) electrons. The minimum Gasteiger partial charge on any atom is -0.462 e. The zero-order valence-electron chi connectivity index (χ0n) is 16.2. The van der Waals surface area contributed by atoms with Crippen LogP contribution >= 0.6 is 0 Å². The maximum atomic E-state index is 11.8. The van der Waals surface area contributed by atoms with Gasteiger partial charge in [0.15, 0.2) is 5.78 Å². The first-order valence-electron chi connectivity index (χ1n) is 9.59. The summed E-state index contributed by atoms with van der Waals surface area (Å²) in [6.07, 6.45) is 3.21. The maximum Gasteiger partial charge on any atom is 0.338 e. The van der Waals surface area contributed by atoms with Crippen LogP contribution in [0.5, 0.6) is 0 Å². The Morgan fingerprint density at radius 2 is 1.07 bits per heavy atom. The molecular weight excluding hydrogens is 348 g/mol. The molecule has 0 fully saturated rings. The van der Waals surface area contributed by atoms with Crippen LogP contribution in [0.1, 0.15) is 52.5 Å². The van der Waals surface area contributed by atoms with Crippen molar-refractivity contribution in [2.24, 2.45) is 0 Å². The van der Waals surface area contributed by atoms with E-state index >= 15 is 0 Å². The summed E-state index contributed by atoms with van der Waals surface area (Å²) >= 11 is 0. The van der Waals surface area contributed by atoms with E-state index in [4.69, 9.17) is 4.74 Å². The van der Waals surface area contributed by atoms with Crippen LogP contribution in [0.25, 0.3) is 0 Å². The average molecular weight is 374 g/mol. The first kappa shape index (κ1) is 21.1. The molecule has 144 valence electrons. The molecule has 3 aromatic rings. The van der Waals surface area contributed by atoms with Crippen molar-refractivity contribution in [3.8, 4) is 0 Å². The lowest BCUT2D eigenvalue weighted by molar-refractivity contribution is 0.0498. The molecule has 3 aromatic carbocycles. The van der Waals surface area contributed by atoms with Crippen molar-refractivity contribution in [1.82, 2.24) is 0 Å². The first-order valence-corrected chi connectivity index (χ1v) is 9.59. The Labute approximate surface area is 167 Å². The zero-order valence-corrected chi connectivity index (χ0v) is 16.2. The van der Waals surface area contributed by atoms with E-state index < -0.39 is 0 Å². The second-order valence-corrected chi connectivity index (χ2v) is 6.27. The average Bonchev–Trinajstić information content (AvgIpc) is 2.78. The highest BCUT2D eigenvalue weighted by molar-refractivity contribution is 6.08. The van der Waals surface area contributed by atoms with Gasteiger partial charge in [-0.05, 0) is 18.6 Å². The molecule has 3 nitrogen and oxygen atoms in total. The van der Waals surface area contributed by atoms with E-state index in [1.165, 1.54) is 0 Å². The largest absolute Gasteiger partial charge is 0.462 e. The van der Waals surface area contributed by atoms with Gasteiger partial charge in [-0.1, -0.05) is 98.6 Å². The van der Waals surface area contributed by atoms with Gasteiger partial charge in [0, 0.05) is 11.1 Å². The van der Waals surface area contributed by atoms with Gasteiger partial charge < -0.3 is 4.74 Å². The molecule has 0 atom stereocenters. The van der Waals surface area contributed by atoms with Crippen molar-refractivity contribution in [2.45, 2.75) is 26.2 Å². The summed E-state index contributed by atoms with van der Waals surface area (Å²) in [4.78, 5) is 23.2. The van der Waals surface area contributed by atoms with Crippen LogP contribution in [0, 0.1) is 0 Å². The van der Waals surface area contributed by atoms with Crippen LogP contribution in [-0.4, -0.2) is 18.4 Å². The molecule has 0 aliphatic rings. The number of carbonyl (C=O) groups excluding carboxylic acids is 2. The molecule has 3 rings (SSSR count). The predicted molar refractivity (Wildman–Crippen MR) is 113 cm³/mol. The van der Waals surface area contributed by atoms with E-state index in [0.29, 0.717) is 12.2 Å². The molecule has 28 heavy (non-hydrogen) atoms. The Kier molecular flexibility index (Phi) is 9.22. The van der Waals surface area contributed by atoms with E-state index in [-0.39, 0.29) is 11.8 Å². The minimum absolute atomic E-state index is 0.0752. The maximum absolute atomic E-state index is 11.8. The fraction of sp³-hybridized carbons (Fsp3) is 0.200. The summed E-state index contributed by atoms with van der Waals surface area (Å²) < 4.78 is 5.09. The summed E-state index contributed by atoms with van der Waals surface area (Å²) in [5.74, 6) is -0.145. The predicted octanol–water partition coefficient (Wildman–Crippen LogP) is 5.95. The molecule has 0 spiro atoms. The highest BCUT2D eigenvalue weighted by Crippen LogP contribution is 2.08. The molecule has 0 unspecified atom stereocenters. The van der Waals surface area contributed by atoms with Gasteiger partial charge in [-0.15, -0.1) is 0 Å². The summed E-state index contributed by atoms with van der Waals surface area (Å²) in [6.45, 7) is 2.65. The second kappa shape index (κ2) is 12.2. The number of hydrogen-bond donors (Lipinski definition) is 0. The standard InChI is InChI=1S/C13H10O.C12H16O2/c14-13(11-7-3-1-4-8-11)12-9-5-2-6-10-12;1-2-3-7-10-14-12(13)11-8-5-4-6-9-11/h1-10H;4-6,8-9H,2-3,7,10H2,1H3. The Bertz CT molecular complexity index is 786. The van der Waals surface area contributed by atoms with Gasteiger partial charge in [0.2, 0.25) is 0 Å². The molecule has 0 bridgehead atoms. The molecule has 0 amide bonds. The van der Waals surface area contributed by atoms with Gasteiger partial charge in [0.05, 0.1) is 12.2 Å². The van der Waals surface area contributed by atoms with Gasteiger partial charge >= 0.3 is 5.97 Å². The third-order valence-corrected chi connectivity index (χ3v) is 4.06. The smallest absolute Gasteiger partial charge is 0.338 e. The Balaban J connectivity index is 0.000000200. The van der Waals surface area contributed by atoms with E-state index in [1.54, 1.807) is 12.1 Å². The molecule has 0 heterocycles. The topological polar surface area (TPSA) is 43.4 Å². The van der Waals surface area contributed by atoms with E-state index in [1.807, 2.05) is 78.9 Å². The first-order chi connectivity index (χ1) is 13.7. The molecule has 0 aliphatic heterocycles. The number of rotatable bonds is 7. The normalized spacial score (nSPS) is 9.75. The Morgan fingerprint density at radius 1 is 0.643 bits per heavy atom. The van der Waals surface area contributed by atoms with E-state index in [0.717, 1.165) is 30.4 Å². The van der Waals surface area contributed by atoms with Crippen LogP contribution in [0.2, 0.25) is 0 Å². The van der Waals surface area contributed by atoms with Crippen molar-refractivity contribution < 1.29 is 14.3 Å². The summed E-state index contributed by atoms with van der Waals surface area (Å²) in [5, 5.41) is 0. The van der Waals surface area contributed by atoms with Crippen molar-refractivity contribution in [3.05, 3.63) is 108 Å². The fourth-order valence-electron chi connectivity index (χ4n) is 2.52. The summed E-state index contributed by atoms with van der Waals surface area (Å²) in [6, 6.07) is 27.7. The zero-order chi connectivity index (χ0) is 20.0. The quantitative estimate of drug-likeness (QED) is 0.291. The van der Waals surface area contributed by atoms with Gasteiger partial charge in [-0.25, -0.2) is 4.79 Å². The number of ether oxygens (including phenoxy) is 1. The van der Waals surface area contributed by atoms with Crippen LogP contribution < -0.4 is 0 Å². The highest BCUT2D eigenvalue weighted by atomic mass is 16.5. The second-order valence-electron chi connectivity index (χ2n) is 6.27. The van der Waals surface area contributed by atoms with Crippen LogP contribution in [0.3, 0.4) is 0 Å². The summed E-state index contributed by atoms with van der Waals surface area (Å²) in [5.41, 5.74) is 2.10. The Morgan fingerprint density at radius 3 is 1.50 bits per heavy atom. The molecule has 3 heteroatoms. The molecule has 0 saturated heterocycles. The van der Waals surface area contributed by atoms with Crippen LogP contribution in [-0.2, 0) is 4.74 Å². The number of unbranched alkanes of at least 4 members (excludes halogenated alkanes) is 2. The third kappa shape index (κ3) is 7.20. The SMILES string of the molecule is CCCCCOC(=O)c1ccccc1.O=C(c1ccccc1)c1ccccc1. The van der Waals surface area contributed by atoms with Crippen molar-refractivity contribution >= 4 is 11.8 Å². The highest BCUT2D eigenvalue weighted by Gasteiger charge is 2.06. The molecule has 0 aliphatic carbocycles. The number of hydrogen-bond acceptors (Lipinski definition) is 3. The number of esters is 1. The lowest BCUT2D eigenvalue weighted by Crippen LogP contribution is -2.05.